The van der Waals surface area contributed by atoms with Crippen LogP contribution in [0, 0.1) is 19.8 Å². The van der Waals surface area contributed by atoms with Gasteiger partial charge in [-0.15, -0.1) is 11.3 Å². The van der Waals surface area contributed by atoms with E-state index < -0.39 is 11.6 Å². The number of carbonyl (C=O) groups is 1. The number of rotatable bonds is 10. The average Bonchev–Trinajstić information content (AvgIpc) is 3.33. The lowest BCUT2D eigenvalue weighted by atomic mass is 9.97. The molecular formula is C29H37N3O4S. The summed E-state index contributed by atoms with van der Waals surface area (Å²) in [5, 5.41) is 25.4. The average molecular weight is 524 g/mol. The highest BCUT2D eigenvalue weighted by Gasteiger charge is 2.26. The number of ether oxygens (including phenoxy) is 1. The van der Waals surface area contributed by atoms with Crippen LogP contribution in [0.3, 0.4) is 0 Å². The SMILES string of the molecule is Cc1ccc(OCc2ccc(CNCC(C)(C)O)cc2C)c(-c2csc(N3CCC(C(=O)O)CC3)n2)c1. The van der Waals surface area contributed by atoms with Gasteiger partial charge in [-0.3, -0.25) is 4.79 Å². The van der Waals surface area contributed by atoms with Gasteiger partial charge in [-0.05, 0) is 69.4 Å². The number of nitrogens with zero attached hydrogens (tertiary/aromatic N) is 2. The number of thiazole rings is 1. The molecule has 37 heavy (non-hydrogen) atoms. The predicted octanol–water partition coefficient (Wildman–Crippen LogP) is 5.17. The van der Waals surface area contributed by atoms with E-state index in [2.05, 4.69) is 53.7 Å². The van der Waals surface area contributed by atoms with E-state index in [1.165, 1.54) is 5.56 Å². The summed E-state index contributed by atoms with van der Waals surface area (Å²) in [7, 11) is 0. The monoisotopic (exact) mass is 523 g/mol. The Hall–Kier alpha value is -2.94. The van der Waals surface area contributed by atoms with Crippen molar-refractivity contribution in [3.05, 3.63) is 64.0 Å². The first-order valence-electron chi connectivity index (χ1n) is 12.8. The molecule has 0 atom stereocenters. The normalized spacial score (nSPS) is 14.7. The Kier molecular flexibility index (Phi) is 8.52. The highest BCUT2D eigenvalue weighted by molar-refractivity contribution is 7.14. The summed E-state index contributed by atoms with van der Waals surface area (Å²) in [6, 6.07) is 12.5. The van der Waals surface area contributed by atoms with Gasteiger partial charge in [0.15, 0.2) is 5.13 Å². The number of hydrogen-bond donors (Lipinski definition) is 3. The number of aliphatic hydroxyl groups is 1. The quantitative estimate of drug-likeness (QED) is 0.338. The minimum Gasteiger partial charge on any atom is -0.488 e. The van der Waals surface area contributed by atoms with Crippen LogP contribution in [0.2, 0.25) is 0 Å². The zero-order chi connectivity index (χ0) is 26.6. The molecule has 0 saturated carbocycles. The second kappa shape index (κ2) is 11.6. The third kappa shape index (κ3) is 7.31. The van der Waals surface area contributed by atoms with Crippen LogP contribution in [0.15, 0.2) is 41.8 Å². The number of aliphatic carboxylic acids is 1. The Labute approximate surface area is 223 Å². The van der Waals surface area contributed by atoms with Crippen LogP contribution in [0.25, 0.3) is 11.3 Å². The summed E-state index contributed by atoms with van der Waals surface area (Å²) >= 11 is 1.59. The molecule has 1 aliphatic heterocycles. The molecule has 1 aromatic heterocycles. The lowest BCUT2D eigenvalue weighted by molar-refractivity contribution is -0.142. The van der Waals surface area contributed by atoms with Crippen LogP contribution >= 0.6 is 11.3 Å². The van der Waals surface area contributed by atoms with E-state index in [9.17, 15) is 15.0 Å². The third-order valence-corrected chi connectivity index (χ3v) is 7.60. The van der Waals surface area contributed by atoms with Gasteiger partial charge in [-0.25, -0.2) is 4.98 Å². The minimum atomic E-state index is -0.732. The topological polar surface area (TPSA) is 94.9 Å². The van der Waals surface area contributed by atoms with Crippen LogP contribution < -0.4 is 15.0 Å². The Bertz CT molecular complexity index is 1230. The molecule has 0 bridgehead atoms. The molecule has 1 saturated heterocycles. The lowest BCUT2D eigenvalue weighted by Crippen LogP contribution is -2.36. The van der Waals surface area contributed by atoms with E-state index in [0.717, 1.165) is 38.8 Å². The highest BCUT2D eigenvalue weighted by Crippen LogP contribution is 2.36. The molecule has 0 aliphatic carbocycles. The van der Waals surface area contributed by atoms with Gasteiger partial charge in [0, 0.05) is 37.1 Å². The molecule has 2 heterocycles. The molecule has 1 fully saturated rings. The van der Waals surface area contributed by atoms with E-state index >= 15 is 0 Å². The first-order valence-corrected chi connectivity index (χ1v) is 13.7. The van der Waals surface area contributed by atoms with E-state index in [1.54, 1.807) is 25.2 Å². The lowest BCUT2D eigenvalue weighted by Gasteiger charge is -2.29. The van der Waals surface area contributed by atoms with E-state index in [0.29, 0.717) is 45.6 Å². The third-order valence-electron chi connectivity index (χ3n) is 6.69. The van der Waals surface area contributed by atoms with Gasteiger partial charge < -0.3 is 25.2 Å². The molecule has 0 radical (unpaired) electrons. The van der Waals surface area contributed by atoms with Gasteiger partial charge in [0.1, 0.15) is 12.4 Å². The van der Waals surface area contributed by atoms with Gasteiger partial charge >= 0.3 is 5.97 Å². The first-order chi connectivity index (χ1) is 17.6. The maximum atomic E-state index is 11.3. The number of carboxylic acids is 1. The highest BCUT2D eigenvalue weighted by atomic mass is 32.1. The zero-order valence-corrected chi connectivity index (χ0v) is 22.9. The van der Waals surface area contributed by atoms with Crippen molar-refractivity contribution in [2.75, 3.05) is 24.5 Å². The molecule has 0 spiro atoms. The number of anilines is 1. The molecule has 3 aromatic rings. The molecule has 3 N–H and O–H groups in total. The summed E-state index contributed by atoms with van der Waals surface area (Å²) in [5.41, 5.74) is 5.71. The van der Waals surface area contributed by atoms with Gasteiger partial charge in [0.25, 0.3) is 0 Å². The van der Waals surface area contributed by atoms with Crippen molar-refractivity contribution in [1.29, 1.82) is 0 Å². The molecular weight excluding hydrogens is 486 g/mol. The second-order valence-electron chi connectivity index (χ2n) is 10.6. The molecule has 7 nitrogen and oxygen atoms in total. The molecule has 0 unspecified atom stereocenters. The largest absolute Gasteiger partial charge is 0.488 e. The number of benzene rings is 2. The van der Waals surface area contributed by atoms with E-state index in [-0.39, 0.29) is 5.92 Å². The predicted molar refractivity (Wildman–Crippen MR) is 148 cm³/mol. The summed E-state index contributed by atoms with van der Waals surface area (Å²) < 4.78 is 6.31. The summed E-state index contributed by atoms with van der Waals surface area (Å²) in [4.78, 5) is 18.4. The number of piperidine rings is 1. The smallest absolute Gasteiger partial charge is 0.306 e. The number of aryl methyl sites for hydroxylation is 2. The van der Waals surface area contributed by atoms with Crippen LogP contribution in [-0.4, -0.2) is 46.4 Å². The maximum Gasteiger partial charge on any atom is 0.306 e. The number of carboxylic acid groups (broad SMARTS) is 1. The van der Waals surface area contributed by atoms with E-state index in [4.69, 9.17) is 9.72 Å². The summed E-state index contributed by atoms with van der Waals surface area (Å²) in [6.45, 7) is 10.9. The molecule has 1 aliphatic rings. The molecule has 4 rings (SSSR count). The Morgan fingerprint density at radius 1 is 1.19 bits per heavy atom. The zero-order valence-electron chi connectivity index (χ0n) is 22.1. The van der Waals surface area contributed by atoms with Crippen molar-refractivity contribution < 1.29 is 19.7 Å². The molecule has 2 aromatic carbocycles. The van der Waals surface area contributed by atoms with Crippen LogP contribution in [-0.2, 0) is 17.9 Å². The molecule has 8 heteroatoms. The van der Waals surface area contributed by atoms with Crippen molar-refractivity contribution in [3.63, 3.8) is 0 Å². The van der Waals surface area contributed by atoms with Gasteiger partial charge in [0.2, 0.25) is 0 Å². The Morgan fingerprint density at radius 2 is 1.95 bits per heavy atom. The van der Waals surface area contributed by atoms with Gasteiger partial charge in [-0.1, -0.05) is 29.8 Å². The maximum absolute atomic E-state index is 11.3. The number of aromatic nitrogens is 1. The van der Waals surface area contributed by atoms with Crippen molar-refractivity contribution in [2.45, 2.75) is 59.3 Å². The number of nitrogens with one attached hydrogen (secondary N) is 1. The molecule has 198 valence electrons. The van der Waals surface area contributed by atoms with Crippen molar-refractivity contribution in [2.24, 2.45) is 5.92 Å². The summed E-state index contributed by atoms with van der Waals surface area (Å²) in [5.74, 6) is -0.162. The second-order valence-corrected chi connectivity index (χ2v) is 11.4. The van der Waals surface area contributed by atoms with Crippen molar-refractivity contribution in [3.8, 4) is 17.0 Å². The van der Waals surface area contributed by atoms with Crippen LogP contribution in [0.5, 0.6) is 5.75 Å². The number of hydrogen-bond acceptors (Lipinski definition) is 7. The summed E-state index contributed by atoms with van der Waals surface area (Å²) in [6.07, 6.45) is 1.30. The van der Waals surface area contributed by atoms with Crippen LogP contribution in [0.4, 0.5) is 5.13 Å². The van der Waals surface area contributed by atoms with Gasteiger partial charge in [0.05, 0.1) is 17.2 Å². The standard InChI is InChI=1S/C29H37N3O4S/c1-19-5-8-26(36-16-23-7-6-21(14-20(23)2)15-30-18-29(3,4)35)24(13-19)25-17-37-28(31-25)32-11-9-22(10-12-32)27(33)34/h5-8,13-14,17,22,30,35H,9-12,15-16,18H2,1-4H3,(H,33,34). The fourth-order valence-electron chi connectivity index (χ4n) is 4.52. The van der Waals surface area contributed by atoms with Crippen LogP contribution in [0.1, 0.15) is 48.9 Å². The Balaban J connectivity index is 1.43. The fraction of sp³-hybridized carbons (Fsp3) is 0.448. The molecule has 0 amide bonds. The van der Waals surface area contributed by atoms with Gasteiger partial charge in [-0.2, -0.15) is 0 Å². The Morgan fingerprint density at radius 3 is 2.62 bits per heavy atom. The van der Waals surface area contributed by atoms with Crippen molar-refractivity contribution >= 4 is 22.4 Å². The fourth-order valence-corrected chi connectivity index (χ4v) is 5.40. The van der Waals surface area contributed by atoms with Crippen molar-refractivity contribution in [1.82, 2.24) is 10.3 Å². The minimum absolute atomic E-state index is 0.256. The first kappa shape index (κ1) is 27.1. The van der Waals surface area contributed by atoms with E-state index in [1.807, 2.05) is 12.1 Å².